The van der Waals surface area contributed by atoms with Gasteiger partial charge >= 0.3 is 0 Å². The molecule has 196 valence electrons. The molecule has 0 aliphatic heterocycles. The number of ether oxygens (including phenoxy) is 1. The van der Waals surface area contributed by atoms with Crippen molar-refractivity contribution in [3.63, 3.8) is 0 Å². The van der Waals surface area contributed by atoms with E-state index in [-0.39, 0.29) is 6.61 Å². The van der Waals surface area contributed by atoms with E-state index in [1.54, 1.807) is 7.11 Å². The molecule has 8 rings (SSSR count). The van der Waals surface area contributed by atoms with E-state index in [0.717, 1.165) is 57.0 Å². The molecular weight excluding hydrogens is 470 g/mol. The number of benzene rings is 3. The lowest BCUT2D eigenvalue weighted by Gasteiger charge is -2.57. The van der Waals surface area contributed by atoms with E-state index < -0.39 is 0 Å². The normalized spacial score (nSPS) is 26.4. The number of fused-ring (bicyclic) bond motifs is 1. The van der Waals surface area contributed by atoms with Crippen LogP contribution in [0.4, 0.5) is 5.69 Å². The molecule has 4 fully saturated rings. The van der Waals surface area contributed by atoms with Gasteiger partial charge in [0.15, 0.2) is 0 Å². The van der Waals surface area contributed by atoms with Crippen LogP contribution in [0.15, 0.2) is 71.7 Å². The molecule has 4 bridgehead atoms. The Balaban J connectivity index is 1.28. The molecule has 4 aliphatic rings. The Bertz CT molecular complexity index is 1510. The number of aliphatic hydroxyl groups is 1. The van der Waals surface area contributed by atoms with Gasteiger partial charge in [0.25, 0.3) is 0 Å². The van der Waals surface area contributed by atoms with E-state index in [1.165, 1.54) is 44.1 Å². The number of rotatable bonds is 6. The van der Waals surface area contributed by atoms with Crippen LogP contribution in [0.25, 0.3) is 11.0 Å². The summed E-state index contributed by atoms with van der Waals surface area (Å²) in [7, 11) is 3.79. The highest BCUT2D eigenvalue weighted by molar-refractivity contribution is 5.78. The van der Waals surface area contributed by atoms with Gasteiger partial charge in [-0.3, -0.25) is 0 Å². The number of methoxy groups -OCH3 is 1. The van der Waals surface area contributed by atoms with Crippen molar-refractivity contribution < 1.29 is 9.84 Å². The average Bonchev–Trinajstić information content (AvgIpc) is 3.18. The Morgan fingerprint density at radius 3 is 2.08 bits per heavy atom. The van der Waals surface area contributed by atoms with Gasteiger partial charge in [0.1, 0.15) is 5.75 Å². The smallest absolute Gasteiger partial charge is 0.211 e. The second-order valence-corrected chi connectivity index (χ2v) is 12.1. The molecular formula is C33H37N3O2. The average molecular weight is 508 g/mol. The highest BCUT2D eigenvalue weighted by Gasteiger charge is 2.51. The monoisotopic (exact) mass is 507 g/mol. The van der Waals surface area contributed by atoms with Crippen molar-refractivity contribution in [2.45, 2.75) is 57.1 Å². The van der Waals surface area contributed by atoms with Crippen LogP contribution in [0.2, 0.25) is 0 Å². The molecule has 0 amide bonds. The minimum atomic E-state index is 0.0543. The molecule has 0 unspecified atom stereocenters. The SMILES string of the molecule is COc1ccc2c(c1)n(Cc1ccc(CO)cc1)/c(=N\c1ccc(C34CC5CC(CC(C5)C3)C4)cc1)n2C. The molecule has 38 heavy (non-hydrogen) atoms. The number of aromatic nitrogens is 2. The summed E-state index contributed by atoms with van der Waals surface area (Å²) in [5, 5.41) is 9.46. The van der Waals surface area contributed by atoms with Crippen LogP contribution in [0.1, 0.15) is 55.2 Å². The molecule has 1 aromatic heterocycles. The van der Waals surface area contributed by atoms with Gasteiger partial charge < -0.3 is 19.0 Å². The summed E-state index contributed by atoms with van der Waals surface area (Å²) in [4.78, 5) is 5.20. The molecule has 1 heterocycles. The largest absolute Gasteiger partial charge is 0.497 e. The van der Waals surface area contributed by atoms with Crippen LogP contribution < -0.4 is 10.4 Å². The van der Waals surface area contributed by atoms with E-state index >= 15 is 0 Å². The van der Waals surface area contributed by atoms with Crippen LogP contribution in [-0.4, -0.2) is 21.4 Å². The summed E-state index contributed by atoms with van der Waals surface area (Å²) >= 11 is 0. The minimum Gasteiger partial charge on any atom is -0.497 e. The Kier molecular flexibility index (Phi) is 5.73. The summed E-state index contributed by atoms with van der Waals surface area (Å²) in [6.45, 7) is 0.735. The first kappa shape index (κ1) is 23.8. The van der Waals surface area contributed by atoms with Gasteiger partial charge in [-0.05, 0) is 103 Å². The fourth-order valence-electron chi connectivity index (χ4n) is 8.22. The quantitative estimate of drug-likeness (QED) is 0.336. The van der Waals surface area contributed by atoms with E-state index in [1.807, 2.05) is 18.2 Å². The molecule has 1 N–H and O–H groups in total. The number of nitrogens with zero attached hydrogens (tertiary/aromatic N) is 3. The third-order valence-corrected chi connectivity index (χ3v) is 9.67. The van der Waals surface area contributed by atoms with Gasteiger partial charge in [-0.1, -0.05) is 36.4 Å². The van der Waals surface area contributed by atoms with Gasteiger partial charge in [0.05, 0.1) is 37.0 Å². The zero-order valence-electron chi connectivity index (χ0n) is 22.4. The number of hydrogen-bond acceptors (Lipinski definition) is 3. The summed E-state index contributed by atoms with van der Waals surface area (Å²) in [6, 6.07) is 23.5. The van der Waals surface area contributed by atoms with Gasteiger partial charge in [-0.15, -0.1) is 0 Å². The van der Waals surface area contributed by atoms with Crippen molar-refractivity contribution in [1.82, 2.24) is 9.13 Å². The van der Waals surface area contributed by atoms with E-state index in [2.05, 4.69) is 64.7 Å². The number of imidazole rings is 1. The Morgan fingerprint density at radius 1 is 0.842 bits per heavy atom. The summed E-state index contributed by atoms with van der Waals surface area (Å²) in [5.74, 6) is 3.68. The van der Waals surface area contributed by atoms with Crippen LogP contribution in [0.5, 0.6) is 5.75 Å². The minimum absolute atomic E-state index is 0.0543. The van der Waals surface area contributed by atoms with Crippen LogP contribution in [0.3, 0.4) is 0 Å². The Morgan fingerprint density at radius 2 is 1.47 bits per heavy atom. The van der Waals surface area contributed by atoms with Crippen molar-refractivity contribution in [1.29, 1.82) is 0 Å². The molecule has 5 heteroatoms. The summed E-state index contributed by atoms with van der Waals surface area (Å²) in [6.07, 6.45) is 8.57. The number of hydrogen-bond donors (Lipinski definition) is 1. The van der Waals surface area contributed by atoms with Gasteiger partial charge in [-0.2, -0.15) is 0 Å². The van der Waals surface area contributed by atoms with E-state index in [0.29, 0.717) is 12.0 Å². The Hall–Kier alpha value is -3.31. The fraction of sp³-hybridized carbons (Fsp3) is 0.424. The maximum absolute atomic E-state index is 9.46. The molecule has 0 saturated heterocycles. The lowest BCUT2D eigenvalue weighted by Crippen LogP contribution is -2.48. The Labute approximate surface area is 224 Å². The highest BCUT2D eigenvalue weighted by atomic mass is 16.5. The molecule has 0 spiro atoms. The van der Waals surface area contributed by atoms with Crippen molar-refractivity contribution in [3.8, 4) is 5.75 Å². The van der Waals surface area contributed by atoms with Gasteiger partial charge in [0, 0.05) is 13.1 Å². The first-order valence-electron chi connectivity index (χ1n) is 14.1. The number of aliphatic hydroxyl groups excluding tert-OH is 1. The number of aryl methyl sites for hydroxylation is 1. The molecule has 5 nitrogen and oxygen atoms in total. The van der Waals surface area contributed by atoms with Crippen LogP contribution in [0, 0.1) is 17.8 Å². The molecule has 0 atom stereocenters. The third-order valence-electron chi connectivity index (χ3n) is 9.67. The van der Waals surface area contributed by atoms with Crippen molar-refractivity contribution >= 4 is 16.7 Å². The predicted molar refractivity (Wildman–Crippen MR) is 150 cm³/mol. The summed E-state index contributed by atoms with van der Waals surface area (Å²) < 4.78 is 9.99. The van der Waals surface area contributed by atoms with E-state index in [9.17, 15) is 5.11 Å². The molecule has 4 aliphatic carbocycles. The maximum Gasteiger partial charge on any atom is 0.211 e. The third kappa shape index (κ3) is 3.99. The van der Waals surface area contributed by atoms with Gasteiger partial charge in [0.2, 0.25) is 5.62 Å². The standard InChI is InChI=1S/C33H37N3O2/c1-35-30-12-11-29(38-2)16-31(30)36(20-22-3-5-23(21-37)6-4-22)32(35)34-28-9-7-27(8-10-28)33-17-24-13-25(18-33)15-26(14-24)19-33/h3-12,16,24-26,37H,13-15,17-21H2,1-2H3/b34-32-. The molecule has 4 saturated carbocycles. The fourth-order valence-corrected chi connectivity index (χ4v) is 8.22. The molecule has 3 aromatic carbocycles. The molecule has 4 aromatic rings. The lowest BCUT2D eigenvalue weighted by atomic mass is 9.48. The van der Waals surface area contributed by atoms with Crippen molar-refractivity contribution in [3.05, 3.63) is 89.0 Å². The van der Waals surface area contributed by atoms with E-state index in [4.69, 9.17) is 9.73 Å². The van der Waals surface area contributed by atoms with Crippen LogP contribution in [-0.2, 0) is 25.6 Å². The zero-order valence-corrected chi connectivity index (χ0v) is 22.4. The maximum atomic E-state index is 9.46. The predicted octanol–water partition coefficient (Wildman–Crippen LogP) is 6.23. The van der Waals surface area contributed by atoms with Crippen molar-refractivity contribution in [2.24, 2.45) is 29.8 Å². The summed E-state index contributed by atoms with van der Waals surface area (Å²) in [5.41, 5.74) is 8.11. The molecule has 0 radical (unpaired) electrons. The highest BCUT2D eigenvalue weighted by Crippen LogP contribution is 2.60. The lowest BCUT2D eigenvalue weighted by molar-refractivity contribution is -0.00518. The first-order chi connectivity index (χ1) is 18.5. The van der Waals surface area contributed by atoms with Gasteiger partial charge in [-0.25, -0.2) is 4.99 Å². The topological polar surface area (TPSA) is 51.7 Å². The van der Waals surface area contributed by atoms with Crippen LogP contribution >= 0.6 is 0 Å². The zero-order chi connectivity index (χ0) is 25.9. The van der Waals surface area contributed by atoms with Crippen molar-refractivity contribution in [2.75, 3.05) is 7.11 Å². The first-order valence-corrected chi connectivity index (χ1v) is 14.1. The second kappa shape index (κ2) is 9.16. The second-order valence-electron chi connectivity index (χ2n) is 12.1.